The second-order valence-corrected chi connectivity index (χ2v) is 3.51. The van der Waals surface area contributed by atoms with Gasteiger partial charge < -0.3 is 14.4 Å². The molecule has 0 amide bonds. The molecular weight excluding hydrogens is 194 g/mol. The molecule has 15 heavy (non-hydrogen) atoms. The normalized spacial score (nSPS) is 10.7. The Morgan fingerprint density at radius 1 is 1.20 bits per heavy atom. The van der Waals surface area contributed by atoms with E-state index in [1.54, 1.807) is 7.11 Å². The number of esters is 1. The van der Waals surface area contributed by atoms with Crippen molar-refractivity contribution in [3.05, 3.63) is 0 Å². The van der Waals surface area contributed by atoms with Gasteiger partial charge in [-0.1, -0.05) is 13.3 Å². The van der Waals surface area contributed by atoms with E-state index >= 15 is 0 Å². The second kappa shape index (κ2) is 9.93. The summed E-state index contributed by atoms with van der Waals surface area (Å²) >= 11 is 0. The zero-order valence-corrected chi connectivity index (χ0v) is 10.1. The first-order valence-corrected chi connectivity index (χ1v) is 5.52. The lowest BCUT2D eigenvalue weighted by atomic mass is 10.3. The Morgan fingerprint density at radius 2 is 1.93 bits per heavy atom. The van der Waals surface area contributed by atoms with E-state index in [4.69, 9.17) is 4.74 Å². The smallest absolute Gasteiger partial charge is 0.306 e. The molecule has 0 saturated carbocycles. The highest BCUT2D eigenvalue weighted by Crippen LogP contribution is 1.98. The van der Waals surface area contributed by atoms with Crippen LogP contribution in [0.25, 0.3) is 0 Å². The molecule has 4 nitrogen and oxygen atoms in total. The van der Waals surface area contributed by atoms with Gasteiger partial charge in [0.1, 0.15) is 0 Å². The molecule has 90 valence electrons. The van der Waals surface area contributed by atoms with Gasteiger partial charge in [0.2, 0.25) is 0 Å². The zero-order chi connectivity index (χ0) is 11.5. The maximum Gasteiger partial charge on any atom is 0.306 e. The Labute approximate surface area is 92.5 Å². The predicted molar refractivity (Wildman–Crippen MR) is 59.9 cm³/mol. The van der Waals surface area contributed by atoms with Crippen molar-refractivity contribution in [2.45, 2.75) is 26.2 Å². The summed E-state index contributed by atoms with van der Waals surface area (Å²) in [4.78, 5) is 13.2. The van der Waals surface area contributed by atoms with Gasteiger partial charge in [-0.05, 0) is 13.0 Å². The molecular formula is C11H23NO3. The number of hydrogen-bond donors (Lipinski definition) is 0. The van der Waals surface area contributed by atoms with Gasteiger partial charge in [-0.25, -0.2) is 0 Å². The topological polar surface area (TPSA) is 38.8 Å². The second-order valence-electron chi connectivity index (χ2n) is 3.51. The molecule has 0 N–H and O–H groups in total. The predicted octanol–water partition coefficient (Wildman–Crippen LogP) is 1.30. The van der Waals surface area contributed by atoms with Crippen LogP contribution < -0.4 is 0 Å². The van der Waals surface area contributed by atoms with Gasteiger partial charge in [0.05, 0.1) is 20.1 Å². The number of unbranched alkanes of at least 4 members (excludes halogenated alkanes) is 1. The van der Waals surface area contributed by atoms with Crippen molar-refractivity contribution in [2.24, 2.45) is 0 Å². The fourth-order valence-electron chi connectivity index (χ4n) is 1.29. The Bertz CT molecular complexity index is 154. The molecule has 0 aliphatic rings. The average molecular weight is 217 g/mol. The molecule has 0 radical (unpaired) electrons. The standard InChI is InChI=1S/C11H23NO3/c1-4-5-7-12(9-10-14-2)8-6-11(13)15-3/h4-10H2,1-3H3. The van der Waals surface area contributed by atoms with Crippen molar-refractivity contribution >= 4 is 5.97 Å². The summed E-state index contributed by atoms with van der Waals surface area (Å²) in [6.45, 7) is 5.54. The summed E-state index contributed by atoms with van der Waals surface area (Å²) in [7, 11) is 3.12. The van der Waals surface area contributed by atoms with Gasteiger partial charge in [-0.15, -0.1) is 0 Å². The van der Waals surface area contributed by atoms with Gasteiger partial charge in [0, 0.05) is 20.2 Å². The molecule has 0 heterocycles. The minimum atomic E-state index is -0.145. The molecule has 0 spiro atoms. The van der Waals surface area contributed by atoms with Crippen LogP contribution in [0.15, 0.2) is 0 Å². The van der Waals surface area contributed by atoms with E-state index in [1.165, 1.54) is 13.5 Å². The van der Waals surface area contributed by atoms with Crippen LogP contribution in [0, 0.1) is 0 Å². The van der Waals surface area contributed by atoms with Gasteiger partial charge in [0.25, 0.3) is 0 Å². The van der Waals surface area contributed by atoms with Crippen molar-refractivity contribution in [1.82, 2.24) is 4.90 Å². The number of methoxy groups -OCH3 is 2. The third-order valence-corrected chi connectivity index (χ3v) is 2.30. The number of carbonyl (C=O) groups is 1. The Kier molecular flexibility index (Phi) is 9.52. The quantitative estimate of drug-likeness (QED) is 0.546. The lowest BCUT2D eigenvalue weighted by Crippen LogP contribution is -2.31. The summed E-state index contributed by atoms with van der Waals surface area (Å²) in [5, 5.41) is 0. The van der Waals surface area contributed by atoms with Crippen LogP contribution in [0.5, 0.6) is 0 Å². The third-order valence-electron chi connectivity index (χ3n) is 2.30. The highest BCUT2D eigenvalue weighted by Gasteiger charge is 2.07. The molecule has 0 unspecified atom stereocenters. The lowest BCUT2D eigenvalue weighted by molar-refractivity contribution is -0.141. The van der Waals surface area contributed by atoms with E-state index in [1.807, 2.05) is 0 Å². The Hall–Kier alpha value is -0.610. The van der Waals surface area contributed by atoms with Gasteiger partial charge >= 0.3 is 5.97 Å². The largest absolute Gasteiger partial charge is 0.469 e. The Balaban J connectivity index is 3.72. The molecule has 0 fully saturated rings. The van der Waals surface area contributed by atoms with E-state index < -0.39 is 0 Å². The molecule has 0 bridgehead atoms. The van der Waals surface area contributed by atoms with Gasteiger partial charge in [0.15, 0.2) is 0 Å². The van der Waals surface area contributed by atoms with Gasteiger partial charge in [-0.3, -0.25) is 4.79 Å². The van der Waals surface area contributed by atoms with E-state index in [9.17, 15) is 4.79 Å². The number of nitrogens with zero attached hydrogens (tertiary/aromatic N) is 1. The number of rotatable bonds is 9. The molecule has 0 aliphatic heterocycles. The first-order chi connectivity index (χ1) is 7.24. The summed E-state index contributed by atoms with van der Waals surface area (Å²) in [6.07, 6.45) is 2.79. The van der Waals surface area contributed by atoms with E-state index in [-0.39, 0.29) is 5.97 Å². The van der Waals surface area contributed by atoms with Crippen molar-refractivity contribution in [3.8, 4) is 0 Å². The zero-order valence-electron chi connectivity index (χ0n) is 10.1. The molecule has 4 heteroatoms. The Morgan fingerprint density at radius 3 is 2.47 bits per heavy atom. The van der Waals surface area contributed by atoms with Crippen molar-refractivity contribution in [2.75, 3.05) is 40.5 Å². The van der Waals surface area contributed by atoms with Crippen molar-refractivity contribution in [3.63, 3.8) is 0 Å². The maximum absolute atomic E-state index is 11.0. The molecule has 0 rings (SSSR count). The SMILES string of the molecule is CCCCN(CCOC)CCC(=O)OC. The highest BCUT2D eigenvalue weighted by molar-refractivity contribution is 5.69. The van der Waals surface area contributed by atoms with E-state index in [2.05, 4.69) is 16.6 Å². The number of carbonyl (C=O) groups excluding carboxylic acids is 1. The summed E-state index contributed by atoms with van der Waals surface area (Å²) in [5.41, 5.74) is 0. The van der Waals surface area contributed by atoms with E-state index in [0.29, 0.717) is 13.0 Å². The summed E-state index contributed by atoms with van der Waals surface area (Å²) in [5.74, 6) is -0.145. The van der Waals surface area contributed by atoms with Crippen LogP contribution in [-0.4, -0.2) is 51.3 Å². The van der Waals surface area contributed by atoms with Gasteiger partial charge in [-0.2, -0.15) is 0 Å². The molecule has 0 aromatic heterocycles. The fraction of sp³-hybridized carbons (Fsp3) is 0.909. The fourth-order valence-corrected chi connectivity index (χ4v) is 1.29. The first kappa shape index (κ1) is 14.4. The van der Waals surface area contributed by atoms with Crippen LogP contribution in [0.2, 0.25) is 0 Å². The number of ether oxygens (including phenoxy) is 2. The average Bonchev–Trinajstić information content (AvgIpc) is 2.27. The van der Waals surface area contributed by atoms with Crippen LogP contribution in [0.4, 0.5) is 0 Å². The molecule has 0 saturated heterocycles. The van der Waals surface area contributed by atoms with Crippen LogP contribution in [0.1, 0.15) is 26.2 Å². The monoisotopic (exact) mass is 217 g/mol. The van der Waals surface area contributed by atoms with Crippen LogP contribution in [-0.2, 0) is 14.3 Å². The van der Waals surface area contributed by atoms with E-state index in [0.717, 1.165) is 26.1 Å². The minimum Gasteiger partial charge on any atom is -0.469 e. The lowest BCUT2D eigenvalue weighted by Gasteiger charge is -2.20. The summed E-state index contributed by atoms with van der Waals surface area (Å²) in [6, 6.07) is 0. The highest BCUT2D eigenvalue weighted by atomic mass is 16.5. The van der Waals surface area contributed by atoms with Crippen molar-refractivity contribution in [1.29, 1.82) is 0 Å². The van der Waals surface area contributed by atoms with Crippen molar-refractivity contribution < 1.29 is 14.3 Å². The third kappa shape index (κ3) is 8.39. The maximum atomic E-state index is 11.0. The van der Waals surface area contributed by atoms with Crippen LogP contribution >= 0.6 is 0 Å². The number of hydrogen-bond acceptors (Lipinski definition) is 4. The summed E-state index contributed by atoms with van der Waals surface area (Å²) < 4.78 is 9.64. The molecule has 0 aromatic rings. The van der Waals surface area contributed by atoms with Crippen LogP contribution in [0.3, 0.4) is 0 Å². The molecule has 0 aliphatic carbocycles. The molecule has 0 atom stereocenters. The molecule has 0 aromatic carbocycles. The minimum absolute atomic E-state index is 0.145. The first-order valence-electron chi connectivity index (χ1n) is 5.52.